The van der Waals surface area contributed by atoms with Crippen LogP contribution in [0.1, 0.15) is 38.2 Å². The quantitative estimate of drug-likeness (QED) is 0.759. The topological polar surface area (TPSA) is 34.1 Å². The first kappa shape index (κ1) is 17.2. The highest BCUT2D eigenvalue weighted by molar-refractivity contribution is 7.91. The van der Waals surface area contributed by atoms with Gasteiger partial charge in [-0.05, 0) is 54.9 Å². The van der Waals surface area contributed by atoms with Crippen LogP contribution in [0.5, 0.6) is 0 Å². The van der Waals surface area contributed by atoms with Gasteiger partial charge in [-0.2, -0.15) is 0 Å². The predicted octanol–water partition coefficient (Wildman–Crippen LogP) is 5.26. The van der Waals surface area contributed by atoms with E-state index < -0.39 is 9.84 Å². The molecule has 0 bridgehead atoms. The van der Waals surface area contributed by atoms with Gasteiger partial charge in [0.25, 0.3) is 0 Å². The molecule has 0 aromatic heterocycles. The fourth-order valence-electron chi connectivity index (χ4n) is 3.58. The first-order chi connectivity index (χ1) is 11.4. The van der Waals surface area contributed by atoms with E-state index in [1.54, 1.807) is 12.1 Å². The van der Waals surface area contributed by atoms with Crippen molar-refractivity contribution in [1.29, 1.82) is 0 Å². The molecule has 0 N–H and O–H groups in total. The van der Waals surface area contributed by atoms with Crippen molar-refractivity contribution in [1.82, 2.24) is 0 Å². The Hall–Kier alpha value is -1.61. The molecule has 1 fully saturated rings. The van der Waals surface area contributed by atoms with Crippen LogP contribution in [0, 0.1) is 18.8 Å². The minimum absolute atomic E-state index is 0.295. The third-order valence-corrected chi connectivity index (χ3v) is 7.06. The lowest BCUT2D eigenvalue weighted by Gasteiger charge is -2.25. The standard InChI is InChI=1S/C21H26O2S/c1-16-6-8-18(9-7-16)15-24(22,23)21-12-10-19(11-13-21)20-5-3-4-17(2)14-20/h3-5,10-14,16,18H,6-9,15H2,1-2H3. The highest BCUT2D eigenvalue weighted by Gasteiger charge is 2.25. The summed E-state index contributed by atoms with van der Waals surface area (Å²) in [6, 6.07) is 15.6. The molecule has 0 atom stereocenters. The number of sulfone groups is 1. The Bertz CT molecular complexity index is 783. The van der Waals surface area contributed by atoms with Gasteiger partial charge in [-0.15, -0.1) is 0 Å². The summed E-state index contributed by atoms with van der Waals surface area (Å²) in [6.45, 7) is 4.32. The van der Waals surface area contributed by atoms with Gasteiger partial charge >= 0.3 is 0 Å². The molecule has 2 aromatic carbocycles. The number of benzene rings is 2. The Balaban J connectivity index is 1.74. The second kappa shape index (κ2) is 7.10. The number of hydrogen-bond acceptors (Lipinski definition) is 2. The molecule has 0 amide bonds. The second-order valence-electron chi connectivity index (χ2n) is 7.30. The van der Waals surface area contributed by atoms with Gasteiger partial charge in [-0.25, -0.2) is 8.42 Å². The van der Waals surface area contributed by atoms with Crippen molar-refractivity contribution < 1.29 is 8.42 Å². The van der Waals surface area contributed by atoms with Crippen LogP contribution in [0.2, 0.25) is 0 Å². The van der Waals surface area contributed by atoms with Crippen LogP contribution in [0.3, 0.4) is 0 Å². The maximum absolute atomic E-state index is 12.7. The number of hydrogen-bond donors (Lipinski definition) is 0. The van der Waals surface area contributed by atoms with E-state index in [0.29, 0.717) is 16.6 Å². The maximum atomic E-state index is 12.7. The van der Waals surface area contributed by atoms with E-state index in [-0.39, 0.29) is 0 Å². The van der Waals surface area contributed by atoms with Crippen LogP contribution < -0.4 is 0 Å². The maximum Gasteiger partial charge on any atom is 0.178 e. The zero-order valence-electron chi connectivity index (χ0n) is 14.5. The molecule has 2 nitrogen and oxygen atoms in total. The molecular formula is C21H26O2S. The third kappa shape index (κ3) is 4.07. The molecule has 0 heterocycles. The van der Waals surface area contributed by atoms with E-state index in [9.17, 15) is 8.42 Å². The van der Waals surface area contributed by atoms with E-state index in [2.05, 4.69) is 32.0 Å². The van der Waals surface area contributed by atoms with Crippen LogP contribution in [-0.2, 0) is 9.84 Å². The van der Waals surface area contributed by atoms with Crippen LogP contribution in [0.4, 0.5) is 0 Å². The van der Waals surface area contributed by atoms with Crippen molar-refractivity contribution in [2.24, 2.45) is 11.8 Å². The Kier molecular flexibility index (Phi) is 5.09. The van der Waals surface area contributed by atoms with E-state index in [4.69, 9.17) is 0 Å². The molecule has 128 valence electrons. The summed E-state index contributed by atoms with van der Waals surface area (Å²) in [7, 11) is -3.18. The lowest BCUT2D eigenvalue weighted by molar-refractivity contribution is 0.308. The largest absolute Gasteiger partial charge is 0.224 e. The van der Waals surface area contributed by atoms with Crippen molar-refractivity contribution in [2.75, 3.05) is 5.75 Å². The average molecular weight is 343 g/mol. The fourth-order valence-corrected chi connectivity index (χ4v) is 5.28. The van der Waals surface area contributed by atoms with Gasteiger partial charge in [-0.3, -0.25) is 0 Å². The molecule has 1 aliphatic rings. The van der Waals surface area contributed by atoms with Crippen molar-refractivity contribution in [3.8, 4) is 11.1 Å². The summed E-state index contributed by atoms with van der Waals surface area (Å²) in [5.41, 5.74) is 3.39. The molecule has 0 saturated heterocycles. The SMILES string of the molecule is Cc1cccc(-c2ccc(S(=O)(=O)CC3CCC(C)CC3)cc2)c1. The molecule has 0 unspecified atom stereocenters. The third-order valence-electron chi connectivity index (χ3n) is 5.16. The molecule has 1 aliphatic carbocycles. The highest BCUT2D eigenvalue weighted by atomic mass is 32.2. The van der Waals surface area contributed by atoms with Gasteiger partial charge in [0.15, 0.2) is 9.84 Å². The van der Waals surface area contributed by atoms with E-state index in [1.807, 2.05) is 18.2 Å². The minimum Gasteiger partial charge on any atom is -0.224 e. The van der Waals surface area contributed by atoms with Gasteiger partial charge in [0, 0.05) is 0 Å². The molecule has 3 rings (SSSR count). The summed E-state index contributed by atoms with van der Waals surface area (Å²) in [5.74, 6) is 1.36. The van der Waals surface area contributed by atoms with Crippen LogP contribution >= 0.6 is 0 Å². The Morgan fingerprint density at radius 2 is 1.58 bits per heavy atom. The lowest BCUT2D eigenvalue weighted by Crippen LogP contribution is -2.21. The molecule has 2 aromatic rings. The predicted molar refractivity (Wildman–Crippen MR) is 99.8 cm³/mol. The van der Waals surface area contributed by atoms with Crippen molar-refractivity contribution in [2.45, 2.75) is 44.4 Å². The van der Waals surface area contributed by atoms with Crippen molar-refractivity contribution in [3.63, 3.8) is 0 Å². The average Bonchev–Trinajstić information content (AvgIpc) is 2.57. The summed E-state index contributed by atoms with van der Waals surface area (Å²) in [4.78, 5) is 0.456. The van der Waals surface area contributed by atoms with Gasteiger partial charge in [0.1, 0.15) is 0 Å². The molecular weight excluding hydrogens is 316 g/mol. The van der Waals surface area contributed by atoms with Gasteiger partial charge in [0.2, 0.25) is 0 Å². The van der Waals surface area contributed by atoms with E-state index in [1.165, 1.54) is 5.56 Å². The molecule has 0 aliphatic heterocycles. The molecule has 0 spiro atoms. The monoisotopic (exact) mass is 342 g/mol. The van der Waals surface area contributed by atoms with Crippen molar-refractivity contribution >= 4 is 9.84 Å². The van der Waals surface area contributed by atoms with E-state index in [0.717, 1.165) is 42.7 Å². The molecule has 24 heavy (non-hydrogen) atoms. The normalized spacial score (nSPS) is 21.6. The first-order valence-electron chi connectivity index (χ1n) is 8.84. The van der Waals surface area contributed by atoms with Crippen LogP contribution in [-0.4, -0.2) is 14.2 Å². The molecule has 0 radical (unpaired) electrons. The Labute approximate surface area is 145 Å². The summed E-state index contributed by atoms with van der Waals surface area (Å²) in [5, 5.41) is 0. The Morgan fingerprint density at radius 1 is 0.917 bits per heavy atom. The zero-order valence-corrected chi connectivity index (χ0v) is 15.4. The zero-order chi connectivity index (χ0) is 17.2. The van der Waals surface area contributed by atoms with Crippen LogP contribution in [0.25, 0.3) is 11.1 Å². The summed E-state index contributed by atoms with van der Waals surface area (Å²) >= 11 is 0. The molecule has 3 heteroatoms. The van der Waals surface area contributed by atoms with E-state index >= 15 is 0 Å². The summed E-state index contributed by atoms with van der Waals surface area (Å²) in [6.07, 6.45) is 4.41. The van der Waals surface area contributed by atoms with Gasteiger partial charge < -0.3 is 0 Å². The van der Waals surface area contributed by atoms with Gasteiger partial charge in [0.05, 0.1) is 10.6 Å². The Morgan fingerprint density at radius 3 is 2.21 bits per heavy atom. The van der Waals surface area contributed by atoms with Gasteiger partial charge in [-0.1, -0.05) is 61.7 Å². The minimum atomic E-state index is -3.18. The number of aryl methyl sites for hydroxylation is 1. The molecule has 1 saturated carbocycles. The summed E-state index contributed by atoms with van der Waals surface area (Å²) < 4.78 is 25.4. The lowest BCUT2D eigenvalue weighted by atomic mass is 9.84. The fraction of sp³-hybridized carbons (Fsp3) is 0.429. The first-order valence-corrected chi connectivity index (χ1v) is 10.5. The van der Waals surface area contributed by atoms with Crippen molar-refractivity contribution in [3.05, 3.63) is 54.1 Å². The smallest absolute Gasteiger partial charge is 0.178 e. The second-order valence-corrected chi connectivity index (χ2v) is 9.34. The number of rotatable bonds is 4. The highest BCUT2D eigenvalue weighted by Crippen LogP contribution is 2.31. The van der Waals surface area contributed by atoms with Crippen LogP contribution in [0.15, 0.2) is 53.4 Å².